The van der Waals surface area contributed by atoms with Gasteiger partial charge in [-0.3, -0.25) is 0 Å². The fraction of sp³-hybridized carbons (Fsp3) is 0.462. The molecule has 0 radical (unpaired) electrons. The normalized spacial score (nSPS) is 12.2. The van der Waals surface area contributed by atoms with Crippen molar-refractivity contribution in [1.29, 1.82) is 0 Å². The lowest BCUT2D eigenvalue weighted by Crippen LogP contribution is -2.30. The van der Waals surface area contributed by atoms with Crippen molar-refractivity contribution in [1.82, 2.24) is 9.55 Å². The summed E-state index contributed by atoms with van der Waals surface area (Å²) in [7, 11) is 0. The van der Waals surface area contributed by atoms with E-state index in [1.54, 1.807) is 0 Å². The number of benzene rings is 1. The van der Waals surface area contributed by atoms with Crippen LogP contribution < -0.4 is 0 Å². The second-order valence-electron chi connectivity index (χ2n) is 4.73. The molecule has 0 saturated carbocycles. The monoisotopic (exact) mass is 250 g/mol. The van der Waals surface area contributed by atoms with Crippen LogP contribution in [0.2, 0.25) is 0 Å². The smallest absolute Gasteiger partial charge is 0.178 e. The summed E-state index contributed by atoms with van der Waals surface area (Å²) in [6, 6.07) is 8.14. The van der Waals surface area contributed by atoms with Gasteiger partial charge >= 0.3 is 0 Å². The Balaban J connectivity index is 2.42. The van der Waals surface area contributed by atoms with Crippen molar-refractivity contribution >= 4 is 23.3 Å². The van der Waals surface area contributed by atoms with Gasteiger partial charge in [0.2, 0.25) is 0 Å². The summed E-state index contributed by atoms with van der Waals surface area (Å²) in [4.78, 5) is 3.21. The van der Waals surface area contributed by atoms with Crippen LogP contribution in [-0.2, 0) is 11.3 Å². The Kier molecular flexibility index (Phi) is 3.35. The first kappa shape index (κ1) is 12.3. The third kappa shape index (κ3) is 2.58. The van der Waals surface area contributed by atoms with Crippen LogP contribution >= 0.6 is 12.2 Å². The number of aromatic nitrogens is 2. The van der Waals surface area contributed by atoms with Crippen molar-refractivity contribution in [2.24, 2.45) is 0 Å². The van der Waals surface area contributed by atoms with E-state index in [2.05, 4.69) is 29.5 Å². The Hall–Kier alpha value is -1.13. The van der Waals surface area contributed by atoms with Crippen molar-refractivity contribution in [2.75, 3.05) is 6.61 Å². The molecule has 1 N–H and O–H groups in total. The molecule has 4 heteroatoms. The van der Waals surface area contributed by atoms with Gasteiger partial charge in [0.25, 0.3) is 0 Å². The summed E-state index contributed by atoms with van der Waals surface area (Å²) in [5.41, 5.74) is 1.99. The van der Waals surface area contributed by atoms with E-state index < -0.39 is 0 Å². The van der Waals surface area contributed by atoms with Gasteiger partial charge in [0.15, 0.2) is 4.77 Å². The van der Waals surface area contributed by atoms with Gasteiger partial charge in [-0.15, -0.1) is 0 Å². The van der Waals surface area contributed by atoms with Gasteiger partial charge in [-0.25, -0.2) is 0 Å². The van der Waals surface area contributed by atoms with E-state index in [0.717, 1.165) is 22.3 Å². The van der Waals surface area contributed by atoms with E-state index in [1.807, 2.05) is 25.1 Å². The first-order valence-corrected chi connectivity index (χ1v) is 6.26. The largest absolute Gasteiger partial charge is 0.374 e. The maximum Gasteiger partial charge on any atom is 0.178 e. The molecular weight excluding hydrogens is 232 g/mol. The summed E-state index contributed by atoms with van der Waals surface area (Å²) >= 11 is 5.36. The number of aromatic amines is 1. The Bertz CT molecular complexity index is 568. The van der Waals surface area contributed by atoms with Crippen molar-refractivity contribution in [3.8, 4) is 0 Å². The maximum absolute atomic E-state index is 5.73. The fourth-order valence-corrected chi connectivity index (χ4v) is 2.35. The summed E-state index contributed by atoms with van der Waals surface area (Å²) in [5, 5.41) is 0. The van der Waals surface area contributed by atoms with E-state index in [0.29, 0.717) is 6.61 Å². The highest BCUT2D eigenvalue weighted by molar-refractivity contribution is 7.71. The molecule has 0 saturated heterocycles. The molecule has 0 atom stereocenters. The predicted molar refractivity (Wildman–Crippen MR) is 72.8 cm³/mol. The van der Waals surface area contributed by atoms with Crippen molar-refractivity contribution in [3.63, 3.8) is 0 Å². The Morgan fingerprint density at radius 1 is 1.35 bits per heavy atom. The lowest BCUT2D eigenvalue weighted by molar-refractivity contribution is -0.0219. The van der Waals surface area contributed by atoms with E-state index in [9.17, 15) is 0 Å². The van der Waals surface area contributed by atoms with Gasteiger partial charge in [-0.1, -0.05) is 12.1 Å². The molecule has 0 bridgehead atoms. The minimum absolute atomic E-state index is 0.210. The van der Waals surface area contributed by atoms with Gasteiger partial charge in [0.1, 0.15) is 0 Å². The molecule has 0 unspecified atom stereocenters. The highest BCUT2D eigenvalue weighted by atomic mass is 32.1. The molecule has 1 heterocycles. The standard InChI is InChI=1S/C13H18N2OS/c1-4-16-13(2,3)9-15-11-8-6-5-7-10(11)14-12(15)17/h5-8H,4,9H2,1-3H3,(H,14,17). The zero-order chi connectivity index (χ0) is 12.5. The third-order valence-corrected chi connectivity index (χ3v) is 3.08. The zero-order valence-electron chi connectivity index (χ0n) is 10.5. The Morgan fingerprint density at radius 3 is 2.76 bits per heavy atom. The number of rotatable bonds is 4. The van der Waals surface area contributed by atoms with Crippen LogP contribution in [-0.4, -0.2) is 21.8 Å². The molecule has 92 valence electrons. The number of hydrogen-bond donors (Lipinski definition) is 1. The second-order valence-corrected chi connectivity index (χ2v) is 5.11. The molecule has 0 spiro atoms. The summed E-state index contributed by atoms with van der Waals surface area (Å²) in [5.74, 6) is 0. The van der Waals surface area contributed by atoms with Crippen LogP contribution in [0.15, 0.2) is 24.3 Å². The van der Waals surface area contributed by atoms with Crippen molar-refractivity contribution in [2.45, 2.75) is 32.9 Å². The number of H-pyrrole nitrogens is 1. The number of nitrogens with one attached hydrogen (secondary N) is 1. The van der Waals surface area contributed by atoms with Gasteiger partial charge in [0, 0.05) is 6.61 Å². The lowest BCUT2D eigenvalue weighted by Gasteiger charge is -2.25. The van der Waals surface area contributed by atoms with Crippen LogP contribution in [0.1, 0.15) is 20.8 Å². The second kappa shape index (κ2) is 4.63. The summed E-state index contributed by atoms with van der Waals surface area (Å²) < 4.78 is 8.57. The molecule has 0 aliphatic heterocycles. The highest BCUT2D eigenvalue weighted by Gasteiger charge is 2.20. The molecule has 0 amide bonds. The first-order chi connectivity index (χ1) is 8.03. The number of hydrogen-bond acceptors (Lipinski definition) is 2. The molecule has 2 rings (SSSR count). The van der Waals surface area contributed by atoms with Gasteiger partial charge < -0.3 is 14.3 Å². The van der Waals surface area contributed by atoms with Crippen molar-refractivity contribution < 1.29 is 4.74 Å². The number of nitrogens with zero attached hydrogens (tertiary/aromatic N) is 1. The van der Waals surface area contributed by atoms with E-state index in [4.69, 9.17) is 17.0 Å². The Morgan fingerprint density at radius 2 is 2.06 bits per heavy atom. The number of ether oxygens (including phenoxy) is 1. The first-order valence-electron chi connectivity index (χ1n) is 5.85. The Labute approximate surface area is 106 Å². The number of para-hydroxylation sites is 2. The van der Waals surface area contributed by atoms with E-state index >= 15 is 0 Å². The minimum atomic E-state index is -0.210. The molecule has 1 aromatic carbocycles. The maximum atomic E-state index is 5.73. The number of fused-ring (bicyclic) bond motifs is 1. The van der Waals surface area contributed by atoms with Gasteiger partial charge in [-0.2, -0.15) is 0 Å². The quantitative estimate of drug-likeness (QED) is 0.841. The summed E-state index contributed by atoms with van der Waals surface area (Å²) in [6.07, 6.45) is 0. The predicted octanol–water partition coefficient (Wildman–Crippen LogP) is 3.51. The van der Waals surface area contributed by atoms with Crippen LogP contribution in [0, 0.1) is 4.77 Å². The minimum Gasteiger partial charge on any atom is -0.374 e. The highest BCUT2D eigenvalue weighted by Crippen LogP contribution is 2.19. The van der Waals surface area contributed by atoms with Crippen LogP contribution in [0.5, 0.6) is 0 Å². The molecule has 3 nitrogen and oxygen atoms in total. The zero-order valence-corrected chi connectivity index (χ0v) is 11.3. The topological polar surface area (TPSA) is 29.9 Å². The van der Waals surface area contributed by atoms with Crippen molar-refractivity contribution in [3.05, 3.63) is 29.0 Å². The van der Waals surface area contributed by atoms with Crippen LogP contribution in [0.3, 0.4) is 0 Å². The molecule has 0 aliphatic rings. The molecular formula is C13H18N2OS. The molecule has 1 aromatic heterocycles. The molecule has 2 aromatic rings. The SMILES string of the molecule is CCOC(C)(C)Cn1c(=S)[nH]c2ccccc21. The third-order valence-electron chi connectivity index (χ3n) is 2.76. The van der Waals surface area contributed by atoms with Gasteiger partial charge in [0.05, 0.1) is 23.2 Å². The lowest BCUT2D eigenvalue weighted by atomic mass is 10.1. The fourth-order valence-electron chi connectivity index (χ4n) is 2.08. The number of imidazole rings is 1. The van der Waals surface area contributed by atoms with Gasteiger partial charge in [-0.05, 0) is 45.1 Å². The molecule has 0 fully saturated rings. The average Bonchev–Trinajstić information content (AvgIpc) is 2.55. The summed E-state index contributed by atoms with van der Waals surface area (Å²) in [6.45, 7) is 7.64. The van der Waals surface area contributed by atoms with E-state index in [1.165, 1.54) is 0 Å². The molecule has 17 heavy (non-hydrogen) atoms. The van der Waals surface area contributed by atoms with Crippen LogP contribution in [0.25, 0.3) is 11.0 Å². The molecule has 0 aliphatic carbocycles. The average molecular weight is 250 g/mol. The van der Waals surface area contributed by atoms with Crippen LogP contribution in [0.4, 0.5) is 0 Å². The van der Waals surface area contributed by atoms with E-state index in [-0.39, 0.29) is 5.60 Å².